The number of carbonyl (C=O) groups excluding carboxylic acids is 1. The molecule has 0 aromatic carbocycles. The molecule has 1 nitrogen and oxygen atoms in total. The van der Waals surface area contributed by atoms with Crippen LogP contribution in [0.15, 0.2) is 0 Å². The first-order valence-electron chi connectivity index (χ1n) is 3.98. The van der Waals surface area contributed by atoms with Crippen LogP contribution in [0.4, 0.5) is 0 Å². The van der Waals surface area contributed by atoms with E-state index in [-0.39, 0.29) is 0 Å². The highest BCUT2D eigenvalue weighted by Crippen LogP contribution is 2.58. The lowest BCUT2D eigenvalue weighted by Crippen LogP contribution is -1.89. The van der Waals surface area contributed by atoms with Crippen molar-refractivity contribution >= 4 is 18.0 Å². The Hall–Kier alpha value is 0.0200. The minimum absolute atomic E-state index is 0.790. The second-order valence-electron chi connectivity index (χ2n) is 3.20. The Morgan fingerprint density at radius 2 is 2.50 bits per heavy atom. The number of hydrogen-bond donors (Lipinski definition) is 0. The molecule has 0 bridgehead atoms. The fourth-order valence-electron chi connectivity index (χ4n) is 2.01. The molecule has 3 unspecified atom stereocenters. The minimum atomic E-state index is 0.790. The van der Waals surface area contributed by atoms with E-state index < -0.39 is 0 Å². The Labute approximate surface area is 65.6 Å². The Balaban J connectivity index is 1.74. The molecular weight excluding hydrogens is 144 g/mol. The van der Waals surface area contributed by atoms with Crippen molar-refractivity contribution in [1.82, 2.24) is 0 Å². The Bertz CT molecular complexity index is 136. The summed E-state index contributed by atoms with van der Waals surface area (Å²) in [4.78, 5) is 10.0. The first-order valence-corrected chi connectivity index (χ1v) is 5.03. The molecule has 1 heterocycles. The van der Waals surface area contributed by atoms with Crippen molar-refractivity contribution in [3.05, 3.63) is 0 Å². The molecule has 2 heteroatoms. The number of aldehydes is 1. The second-order valence-corrected chi connectivity index (χ2v) is 4.48. The van der Waals surface area contributed by atoms with E-state index >= 15 is 0 Å². The maximum atomic E-state index is 10.0. The molecule has 2 rings (SSSR count). The van der Waals surface area contributed by atoms with Crippen LogP contribution in [0.25, 0.3) is 0 Å². The van der Waals surface area contributed by atoms with Gasteiger partial charge in [0.1, 0.15) is 6.29 Å². The van der Waals surface area contributed by atoms with Crippen molar-refractivity contribution in [2.24, 2.45) is 11.8 Å². The molecule has 0 spiro atoms. The highest BCUT2D eigenvalue weighted by Gasteiger charge is 2.52. The highest BCUT2D eigenvalue weighted by molar-refractivity contribution is 8.00. The van der Waals surface area contributed by atoms with Gasteiger partial charge in [-0.1, -0.05) is 0 Å². The highest BCUT2D eigenvalue weighted by atomic mass is 32.2. The molecule has 2 fully saturated rings. The SMILES string of the molecule is O=CCCC1C2CCSC12. The van der Waals surface area contributed by atoms with Gasteiger partial charge >= 0.3 is 0 Å². The van der Waals surface area contributed by atoms with Gasteiger partial charge in [0, 0.05) is 11.7 Å². The summed E-state index contributed by atoms with van der Waals surface area (Å²) in [7, 11) is 0. The van der Waals surface area contributed by atoms with E-state index in [0.29, 0.717) is 0 Å². The molecule has 0 radical (unpaired) electrons. The molecule has 10 heavy (non-hydrogen) atoms. The fourth-order valence-corrected chi connectivity index (χ4v) is 3.77. The van der Waals surface area contributed by atoms with Gasteiger partial charge in [-0.15, -0.1) is 0 Å². The van der Waals surface area contributed by atoms with Crippen LogP contribution in [0.1, 0.15) is 19.3 Å². The quantitative estimate of drug-likeness (QED) is 0.579. The maximum absolute atomic E-state index is 10.0. The lowest BCUT2D eigenvalue weighted by molar-refractivity contribution is -0.108. The van der Waals surface area contributed by atoms with E-state index in [1.54, 1.807) is 0 Å². The van der Waals surface area contributed by atoms with E-state index in [4.69, 9.17) is 0 Å². The van der Waals surface area contributed by atoms with E-state index in [1.165, 1.54) is 12.2 Å². The molecule has 1 saturated carbocycles. The molecule has 1 aliphatic heterocycles. The summed E-state index contributed by atoms with van der Waals surface area (Å²) in [6.07, 6.45) is 4.42. The van der Waals surface area contributed by atoms with Crippen molar-refractivity contribution in [2.45, 2.75) is 24.5 Å². The van der Waals surface area contributed by atoms with Gasteiger partial charge in [0.2, 0.25) is 0 Å². The molecule has 1 aliphatic carbocycles. The average molecular weight is 156 g/mol. The minimum Gasteiger partial charge on any atom is -0.303 e. The molecule has 56 valence electrons. The van der Waals surface area contributed by atoms with Crippen molar-refractivity contribution in [2.75, 3.05) is 5.75 Å². The van der Waals surface area contributed by atoms with Crippen molar-refractivity contribution < 1.29 is 4.79 Å². The predicted octanol–water partition coefficient (Wildman–Crippen LogP) is 1.72. The van der Waals surface area contributed by atoms with Crippen LogP contribution in [-0.2, 0) is 4.79 Å². The van der Waals surface area contributed by atoms with Gasteiger partial charge in [0.25, 0.3) is 0 Å². The fraction of sp³-hybridized carbons (Fsp3) is 0.875. The zero-order valence-electron chi connectivity index (χ0n) is 5.95. The van der Waals surface area contributed by atoms with Gasteiger partial charge in [0.05, 0.1) is 0 Å². The largest absolute Gasteiger partial charge is 0.303 e. The van der Waals surface area contributed by atoms with Gasteiger partial charge in [0.15, 0.2) is 0 Å². The van der Waals surface area contributed by atoms with Gasteiger partial charge in [-0.3, -0.25) is 0 Å². The second kappa shape index (κ2) is 2.57. The normalized spacial score (nSPS) is 43.0. The van der Waals surface area contributed by atoms with Crippen LogP contribution in [-0.4, -0.2) is 17.3 Å². The van der Waals surface area contributed by atoms with Crippen LogP contribution in [0.5, 0.6) is 0 Å². The van der Waals surface area contributed by atoms with Gasteiger partial charge in [-0.05, 0) is 30.4 Å². The third-order valence-electron chi connectivity index (χ3n) is 2.63. The summed E-state index contributed by atoms with van der Waals surface area (Å²) in [5.74, 6) is 3.29. The number of fused-ring (bicyclic) bond motifs is 1. The summed E-state index contributed by atoms with van der Waals surface area (Å²) < 4.78 is 0. The monoisotopic (exact) mass is 156 g/mol. The summed E-state index contributed by atoms with van der Waals surface area (Å²) in [6.45, 7) is 0. The Kier molecular flexibility index (Phi) is 1.73. The van der Waals surface area contributed by atoms with Crippen LogP contribution >= 0.6 is 11.8 Å². The van der Waals surface area contributed by atoms with Crippen LogP contribution in [0.3, 0.4) is 0 Å². The Morgan fingerprint density at radius 3 is 3.10 bits per heavy atom. The average Bonchev–Trinajstić information content (AvgIpc) is 2.46. The van der Waals surface area contributed by atoms with E-state index in [0.717, 1.165) is 36.2 Å². The number of hydrogen-bond acceptors (Lipinski definition) is 2. The topological polar surface area (TPSA) is 17.1 Å². The van der Waals surface area contributed by atoms with Crippen LogP contribution in [0.2, 0.25) is 0 Å². The molecular formula is C8H12OS. The molecule has 0 amide bonds. The van der Waals surface area contributed by atoms with Crippen molar-refractivity contribution in [3.8, 4) is 0 Å². The summed E-state index contributed by atoms with van der Waals surface area (Å²) in [6, 6.07) is 0. The molecule has 0 N–H and O–H groups in total. The first kappa shape index (κ1) is 6.71. The molecule has 2 aliphatic rings. The lowest BCUT2D eigenvalue weighted by atomic mass is 10.2. The van der Waals surface area contributed by atoms with E-state index in [2.05, 4.69) is 11.8 Å². The number of thioether (sulfide) groups is 1. The van der Waals surface area contributed by atoms with Gasteiger partial charge in [-0.25, -0.2) is 0 Å². The first-order chi connectivity index (χ1) is 4.93. The van der Waals surface area contributed by atoms with E-state index in [1.807, 2.05) is 0 Å². The number of rotatable bonds is 3. The molecule has 0 aromatic rings. The zero-order valence-corrected chi connectivity index (χ0v) is 6.77. The summed E-state index contributed by atoms with van der Waals surface area (Å²) in [5.41, 5.74) is 0. The predicted molar refractivity (Wildman–Crippen MR) is 43.1 cm³/mol. The maximum Gasteiger partial charge on any atom is 0.120 e. The standard InChI is InChI=1S/C8H12OS/c9-4-1-2-6-7-3-5-10-8(6)7/h4,6-8H,1-3,5H2. The van der Waals surface area contributed by atoms with Gasteiger partial charge < -0.3 is 4.79 Å². The van der Waals surface area contributed by atoms with Crippen LogP contribution in [0, 0.1) is 11.8 Å². The smallest absolute Gasteiger partial charge is 0.120 e. The summed E-state index contributed by atoms with van der Waals surface area (Å²) in [5, 5.41) is 0.958. The number of carbonyl (C=O) groups is 1. The molecule has 3 atom stereocenters. The van der Waals surface area contributed by atoms with Crippen molar-refractivity contribution in [1.29, 1.82) is 0 Å². The third kappa shape index (κ3) is 0.986. The van der Waals surface area contributed by atoms with Gasteiger partial charge in [-0.2, -0.15) is 11.8 Å². The lowest BCUT2D eigenvalue weighted by Gasteiger charge is -1.97. The Morgan fingerprint density at radius 1 is 1.60 bits per heavy atom. The molecule has 1 saturated heterocycles. The van der Waals surface area contributed by atoms with E-state index in [9.17, 15) is 4.79 Å². The third-order valence-corrected chi connectivity index (χ3v) is 4.19. The zero-order chi connectivity index (χ0) is 6.97. The van der Waals surface area contributed by atoms with Crippen LogP contribution < -0.4 is 0 Å². The molecule has 0 aromatic heterocycles. The summed E-state index contributed by atoms with van der Waals surface area (Å²) >= 11 is 2.11. The van der Waals surface area contributed by atoms with Crippen molar-refractivity contribution in [3.63, 3.8) is 0 Å².